The Morgan fingerprint density at radius 2 is 2.23 bits per heavy atom. The molecule has 0 aliphatic carbocycles. The summed E-state index contributed by atoms with van der Waals surface area (Å²) in [7, 11) is 0. The van der Waals surface area contributed by atoms with Crippen molar-refractivity contribution in [2.45, 2.75) is 19.6 Å². The molecule has 0 spiro atoms. The Bertz CT molecular complexity index is 287. The molecule has 1 aliphatic rings. The Kier molecular flexibility index (Phi) is 2.20. The van der Waals surface area contributed by atoms with Crippen molar-refractivity contribution in [3.63, 3.8) is 0 Å². The lowest BCUT2D eigenvalue weighted by molar-refractivity contribution is 0.270. The third-order valence-electron chi connectivity index (χ3n) is 2.16. The number of nitrogens with one attached hydrogen (secondary N) is 2. The number of rotatable bonds is 1. The summed E-state index contributed by atoms with van der Waals surface area (Å²) >= 11 is 0. The standard InChI is InChI=1S/C8H15N5/c1-6-5-7(9)13(12-6)8-10-3-2-4-11-8/h5,8,10-11H,2-4,9H2,1H3. The van der Waals surface area contributed by atoms with E-state index in [1.165, 1.54) is 0 Å². The van der Waals surface area contributed by atoms with Gasteiger partial charge in [0.1, 0.15) is 5.82 Å². The van der Waals surface area contributed by atoms with Crippen molar-refractivity contribution >= 4 is 5.82 Å². The number of aryl methyl sites for hydroxylation is 1. The third kappa shape index (κ3) is 1.66. The number of anilines is 1. The zero-order chi connectivity index (χ0) is 9.26. The molecule has 1 aliphatic heterocycles. The maximum atomic E-state index is 5.79. The van der Waals surface area contributed by atoms with E-state index in [1.807, 2.05) is 13.0 Å². The summed E-state index contributed by atoms with van der Waals surface area (Å²) in [6, 6.07) is 1.87. The molecule has 0 bridgehead atoms. The monoisotopic (exact) mass is 181 g/mol. The van der Waals surface area contributed by atoms with Crippen molar-refractivity contribution in [1.82, 2.24) is 20.4 Å². The summed E-state index contributed by atoms with van der Waals surface area (Å²) in [4.78, 5) is 0. The average Bonchev–Trinajstić information content (AvgIpc) is 2.47. The van der Waals surface area contributed by atoms with Crippen molar-refractivity contribution in [2.24, 2.45) is 0 Å². The van der Waals surface area contributed by atoms with Crippen LogP contribution in [-0.2, 0) is 0 Å². The Morgan fingerprint density at radius 3 is 2.77 bits per heavy atom. The van der Waals surface area contributed by atoms with Crippen LogP contribution in [0.4, 0.5) is 5.82 Å². The van der Waals surface area contributed by atoms with Gasteiger partial charge in [-0.15, -0.1) is 0 Å². The van der Waals surface area contributed by atoms with Crippen LogP contribution in [0.15, 0.2) is 6.07 Å². The molecular weight excluding hydrogens is 166 g/mol. The van der Waals surface area contributed by atoms with Crippen LogP contribution >= 0.6 is 0 Å². The number of hydrogen-bond donors (Lipinski definition) is 3. The van der Waals surface area contributed by atoms with E-state index in [4.69, 9.17) is 5.73 Å². The topological polar surface area (TPSA) is 67.9 Å². The fraction of sp³-hybridized carbons (Fsp3) is 0.625. The molecule has 0 unspecified atom stereocenters. The van der Waals surface area contributed by atoms with Crippen molar-refractivity contribution < 1.29 is 0 Å². The average molecular weight is 181 g/mol. The lowest BCUT2D eigenvalue weighted by atomic mass is 10.3. The minimum absolute atomic E-state index is 0.0578. The van der Waals surface area contributed by atoms with Crippen molar-refractivity contribution in [3.8, 4) is 0 Å². The highest BCUT2D eigenvalue weighted by Crippen LogP contribution is 2.10. The molecule has 0 atom stereocenters. The van der Waals surface area contributed by atoms with E-state index in [2.05, 4.69) is 15.7 Å². The van der Waals surface area contributed by atoms with Gasteiger partial charge in [-0.25, -0.2) is 4.68 Å². The highest BCUT2D eigenvalue weighted by atomic mass is 15.5. The first-order valence-electron chi connectivity index (χ1n) is 4.56. The Hall–Kier alpha value is -1.07. The van der Waals surface area contributed by atoms with Gasteiger partial charge in [0, 0.05) is 6.07 Å². The summed E-state index contributed by atoms with van der Waals surface area (Å²) < 4.78 is 1.79. The van der Waals surface area contributed by atoms with Crippen LogP contribution in [0.1, 0.15) is 18.4 Å². The fourth-order valence-electron chi connectivity index (χ4n) is 1.55. The zero-order valence-corrected chi connectivity index (χ0v) is 7.75. The molecule has 2 rings (SSSR count). The van der Waals surface area contributed by atoms with Crippen LogP contribution in [0.5, 0.6) is 0 Å². The smallest absolute Gasteiger partial charge is 0.157 e. The largest absolute Gasteiger partial charge is 0.384 e. The van der Waals surface area contributed by atoms with Gasteiger partial charge in [0.15, 0.2) is 6.29 Å². The van der Waals surface area contributed by atoms with Crippen LogP contribution in [-0.4, -0.2) is 22.9 Å². The third-order valence-corrected chi connectivity index (χ3v) is 2.16. The molecule has 1 fully saturated rings. The van der Waals surface area contributed by atoms with Crippen molar-refractivity contribution in [3.05, 3.63) is 11.8 Å². The van der Waals surface area contributed by atoms with Gasteiger partial charge in [-0.1, -0.05) is 0 Å². The molecule has 1 saturated heterocycles. The normalized spacial score (nSPS) is 19.2. The molecule has 4 N–H and O–H groups in total. The molecule has 72 valence electrons. The summed E-state index contributed by atoms with van der Waals surface area (Å²) in [6.07, 6.45) is 1.21. The van der Waals surface area contributed by atoms with E-state index in [1.54, 1.807) is 4.68 Å². The van der Waals surface area contributed by atoms with Crippen LogP contribution in [0.2, 0.25) is 0 Å². The highest BCUT2D eigenvalue weighted by molar-refractivity contribution is 5.30. The Labute approximate surface area is 77.3 Å². The van der Waals surface area contributed by atoms with Gasteiger partial charge in [0.2, 0.25) is 0 Å². The number of nitrogens with two attached hydrogens (primary N) is 1. The summed E-state index contributed by atoms with van der Waals surface area (Å²) in [5.41, 5.74) is 6.74. The maximum Gasteiger partial charge on any atom is 0.157 e. The van der Waals surface area contributed by atoms with E-state index in [-0.39, 0.29) is 6.29 Å². The quantitative estimate of drug-likeness (QED) is 0.562. The highest BCUT2D eigenvalue weighted by Gasteiger charge is 2.15. The minimum Gasteiger partial charge on any atom is -0.384 e. The molecule has 5 heteroatoms. The number of nitrogens with zero attached hydrogens (tertiary/aromatic N) is 2. The van der Waals surface area contributed by atoms with E-state index in [0.717, 1.165) is 25.2 Å². The Morgan fingerprint density at radius 1 is 1.54 bits per heavy atom. The van der Waals surface area contributed by atoms with Crippen LogP contribution in [0, 0.1) is 6.92 Å². The lowest BCUT2D eigenvalue weighted by Gasteiger charge is -2.25. The first-order valence-corrected chi connectivity index (χ1v) is 4.56. The fourth-order valence-corrected chi connectivity index (χ4v) is 1.55. The Balaban J connectivity index is 2.18. The van der Waals surface area contributed by atoms with Crippen LogP contribution < -0.4 is 16.4 Å². The minimum atomic E-state index is 0.0578. The first kappa shape index (κ1) is 8.52. The van der Waals surface area contributed by atoms with Crippen molar-refractivity contribution in [1.29, 1.82) is 0 Å². The van der Waals surface area contributed by atoms with Gasteiger partial charge < -0.3 is 5.73 Å². The predicted molar refractivity (Wildman–Crippen MR) is 51.0 cm³/mol. The summed E-state index contributed by atoms with van der Waals surface area (Å²) in [5.74, 6) is 0.699. The van der Waals surface area contributed by atoms with Gasteiger partial charge in [0.25, 0.3) is 0 Å². The molecule has 0 aromatic carbocycles. The zero-order valence-electron chi connectivity index (χ0n) is 7.75. The van der Waals surface area contributed by atoms with Gasteiger partial charge in [-0.05, 0) is 26.4 Å². The first-order chi connectivity index (χ1) is 6.27. The predicted octanol–water partition coefficient (Wildman–Crippen LogP) is -0.187. The SMILES string of the molecule is Cc1cc(N)n(C2NCCCN2)n1. The molecule has 1 aromatic rings. The van der Waals surface area contributed by atoms with Gasteiger partial charge in [-0.3, -0.25) is 10.6 Å². The second-order valence-electron chi connectivity index (χ2n) is 3.32. The second kappa shape index (κ2) is 3.35. The molecule has 1 aromatic heterocycles. The van der Waals surface area contributed by atoms with Crippen molar-refractivity contribution in [2.75, 3.05) is 18.8 Å². The molecule has 0 saturated carbocycles. The van der Waals surface area contributed by atoms with E-state index < -0.39 is 0 Å². The number of hydrogen-bond acceptors (Lipinski definition) is 4. The van der Waals surface area contributed by atoms with Gasteiger partial charge in [-0.2, -0.15) is 5.10 Å². The summed E-state index contributed by atoms with van der Waals surface area (Å²) in [6.45, 7) is 3.96. The number of nitrogen functional groups attached to an aromatic ring is 1. The van der Waals surface area contributed by atoms with E-state index in [0.29, 0.717) is 5.82 Å². The number of aromatic nitrogens is 2. The molecule has 13 heavy (non-hydrogen) atoms. The molecular formula is C8H15N5. The van der Waals surface area contributed by atoms with E-state index in [9.17, 15) is 0 Å². The van der Waals surface area contributed by atoms with Gasteiger partial charge in [0.05, 0.1) is 5.69 Å². The maximum absolute atomic E-state index is 5.79. The summed E-state index contributed by atoms with van der Waals surface area (Å²) in [5, 5.41) is 10.9. The second-order valence-corrected chi connectivity index (χ2v) is 3.32. The van der Waals surface area contributed by atoms with Crippen LogP contribution in [0.25, 0.3) is 0 Å². The van der Waals surface area contributed by atoms with Crippen LogP contribution in [0.3, 0.4) is 0 Å². The molecule has 0 radical (unpaired) electrons. The molecule has 5 nitrogen and oxygen atoms in total. The molecule has 2 heterocycles. The lowest BCUT2D eigenvalue weighted by Crippen LogP contribution is -2.45. The van der Waals surface area contributed by atoms with E-state index >= 15 is 0 Å². The molecule has 0 amide bonds. The van der Waals surface area contributed by atoms with Gasteiger partial charge >= 0.3 is 0 Å².